The summed E-state index contributed by atoms with van der Waals surface area (Å²) in [5.41, 5.74) is 1.20. The number of rotatable bonds is 9. The Hall–Kier alpha value is -1.19. The molecule has 3 heteroatoms. The molecule has 1 aromatic rings. The lowest BCUT2D eigenvalue weighted by Gasteiger charge is -2.11. The van der Waals surface area contributed by atoms with Crippen molar-refractivity contribution >= 4 is 13.9 Å². The summed E-state index contributed by atoms with van der Waals surface area (Å²) in [6.07, 6.45) is 5.57. The fourth-order valence-electron chi connectivity index (χ4n) is 1.75. The SMILES string of the molecule is C[Si](C)(C)C/C=C/COCC(=O)CCc1ccccc1. The molecule has 0 fully saturated rings. The van der Waals surface area contributed by atoms with Crippen LogP contribution < -0.4 is 0 Å². The highest BCUT2D eigenvalue weighted by atomic mass is 28.3. The molecule has 1 aromatic carbocycles. The first-order chi connectivity index (χ1) is 9.47. The highest BCUT2D eigenvalue weighted by Gasteiger charge is 2.09. The predicted molar refractivity (Wildman–Crippen MR) is 87.9 cm³/mol. The zero-order valence-corrected chi connectivity index (χ0v) is 13.9. The number of ether oxygens (including phenoxy) is 1. The van der Waals surface area contributed by atoms with Gasteiger partial charge in [0.25, 0.3) is 0 Å². The summed E-state index contributed by atoms with van der Waals surface area (Å²) in [5, 5.41) is 0. The average molecular weight is 290 g/mol. The normalized spacial score (nSPS) is 11.9. The van der Waals surface area contributed by atoms with Gasteiger partial charge >= 0.3 is 0 Å². The van der Waals surface area contributed by atoms with Crippen LogP contribution in [0.2, 0.25) is 25.7 Å². The van der Waals surface area contributed by atoms with E-state index in [4.69, 9.17) is 4.74 Å². The van der Waals surface area contributed by atoms with Crippen LogP contribution in [0.15, 0.2) is 42.5 Å². The molecule has 20 heavy (non-hydrogen) atoms. The Labute approximate surface area is 123 Å². The maximum absolute atomic E-state index is 11.7. The third kappa shape index (κ3) is 8.83. The molecule has 0 bridgehead atoms. The summed E-state index contributed by atoms with van der Waals surface area (Å²) in [6, 6.07) is 11.2. The quantitative estimate of drug-likeness (QED) is 0.389. The first-order valence-electron chi connectivity index (χ1n) is 7.26. The van der Waals surface area contributed by atoms with Crippen molar-refractivity contribution in [1.82, 2.24) is 0 Å². The fraction of sp³-hybridized carbons (Fsp3) is 0.471. The molecule has 0 saturated heterocycles. The Balaban J connectivity index is 2.09. The minimum Gasteiger partial charge on any atom is -0.370 e. The second-order valence-corrected chi connectivity index (χ2v) is 11.8. The summed E-state index contributed by atoms with van der Waals surface area (Å²) in [4.78, 5) is 11.7. The van der Waals surface area contributed by atoms with Crippen LogP contribution in [0, 0.1) is 0 Å². The van der Waals surface area contributed by atoms with Crippen molar-refractivity contribution < 1.29 is 9.53 Å². The molecular weight excluding hydrogens is 264 g/mol. The molecule has 0 spiro atoms. The summed E-state index contributed by atoms with van der Waals surface area (Å²) in [6.45, 7) is 7.79. The van der Waals surface area contributed by atoms with Crippen LogP contribution in [0.25, 0.3) is 0 Å². The second-order valence-electron chi connectivity index (χ2n) is 6.28. The monoisotopic (exact) mass is 290 g/mol. The van der Waals surface area contributed by atoms with Gasteiger partial charge in [-0.1, -0.05) is 62.1 Å². The molecule has 0 heterocycles. The lowest BCUT2D eigenvalue weighted by atomic mass is 10.1. The summed E-state index contributed by atoms with van der Waals surface area (Å²) in [5.74, 6) is 0.174. The molecule has 1 rings (SSSR count). The predicted octanol–water partition coefficient (Wildman–Crippen LogP) is 4.10. The third-order valence-corrected chi connectivity index (χ3v) is 4.37. The number of carbonyl (C=O) groups is 1. The zero-order chi connectivity index (χ0) is 14.8. The maximum atomic E-state index is 11.7. The van der Waals surface area contributed by atoms with Crippen LogP contribution in [0.5, 0.6) is 0 Å². The molecule has 0 aliphatic heterocycles. The molecule has 0 atom stereocenters. The topological polar surface area (TPSA) is 26.3 Å². The van der Waals surface area contributed by atoms with E-state index in [0.29, 0.717) is 13.0 Å². The Morgan fingerprint density at radius 3 is 2.50 bits per heavy atom. The van der Waals surface area contributed by atoms with Crippen LogP contribution >= 0.6 is 0 Å². The molecule has 0 aliphatic rings. The number of benzene rings is 1. The number of hydrogen-bond acceptors (Lipinski definition) is 2. The van der Waals surface area contributed by atoms with Crippen LogP contribution in [0.3, 0.4) is 0 Å². The molecule has 110 valence electrons. The van der Waals surface area contributed by atoms with Gasteiger partial charge in [0, 0.05) is 14.5 Å². The van der Waals surface area contributed by atoms with Gasteiger partial charge in [-0.15, -0.1) is 0 Å². The Morgan fingerprint density at radius 1 is 1.15 bits per heavy atom. The molecule has 0 aliphatic carbocycles. The smallest absolute Gasteiger partial charge is 0.158 e. The van der Waals surface area contributed by atoms with E-state index >= 15 is 0 Å². The number of allylic oxidation sites excluding steroid dienone is 1. The van der Waals surface area contributed by atoms with Gasteiger partial charge in [0.2, 0.25) is 0 Å². The van der Waals surface area contributed by atoms with Crippen molar-refractivity contribution in [3.8, 4) is 0 Å². The van der Waals surface area contributed by atoms with Crippen molar-refractivity contribution in [1.29, 1.82) is 0 Å². The van der Waals surface area contributed by atoms with Gasteiger partial charge in [-0.05, 0) is 18.0 Å². The lowest BCUT2D eigenvalue weighted by Crippen LogP contribution is -2.17. The molecule has 0 unspecified atom stereocenters. The summed E-state index contributed by atoms with van der Waals surface area (Å²) < 4.78 is 5.38. The minimum atomic E-state index is -0.999. The zero-order valence-electron chi connectivity index (χ0n) is 12.9. The molecule has 0 radical (unpaired) electrons. The number of hydrogen-bond donors (Lipinski definition) is 0. The van der Waals surface area contributed by atoms with Crippen molar-refractivity contribution in [2.24, 2.45) is 0 Å². The highest BCUT2D eigenvalue weighted by Crippen LogP contribution is 2.08. The van der Waals surface area contributed by atoms with Gasteiger partial charge < -0.3 is 4.74 Å². The third-order valence-electron chi connectivity index (χ3n) is 2.91. The molecule has 2 nitrogen and oxygen atoms in total. The van der Waals surface area contributed by atoms with Gasteiger partial charge in [0.05, 0.1) is 6.61 Å². The van der Waals surface area contributed by atoms with Crippen molar-refractivity contribution in [3.05, 3.63) is 48.0 Å². The van der Waals surface area contributed by atoms with Gasteiger partial charge in [0.15, 0.2) is 5.78 Å². The van der Waals surface area contributed by atoms with Crippen LogP contribution in [-0.2, 0) is 16.0 Å². The molecule has 0 saturated carbocycles. The number of aryl methyl sites for hydroxylation is 1. The number of ketones is 1. The highest BCUT2D eigenvalue weighted by molar-refractivity contribution is 6.76. The summed E-state index contributed by atoms with van der Waals surface area (Å²) in [7, 11) is -0.999. The molecular formula is C17H26O2Si. The van der Waals surface area contributed by atoms with Crippen LogP contribution in [-0.4, -0.2) is 27.1 Å². The average Bonchev–Trinajstić information content (AvgIpc) is 2.40. The van der Waals surface area contributed by atoms with Gasteiger partial charge in [-0.25, -0.2) is 0 Å². The van der Waals surface area contributed by atoms with Crippen LogP contribution in [0.1, 0.15) is 12.0 Å². The van der Waals surface area contributed by atoms with E-state index < -0.39 is 8.07 Å². The largest absolute Gasteiger partial charge is 0.370 e. The van der Waals surface area contributed by atoms with E-state index in [1.807, 2.05) is 36.4 Å². The van der Waals surface area contributed by atoms with Crippen molar-refractivity contribution in [2.75, 3.05) is 13.2 Å². The Morgan fingerprint density at radius 2 is 1.85 bits per heavy atom. The number of Topliss-reactive ketones (excluding diaryl/α,β-unsaturated/α-hetero) is 1. The summed E-state index contributed by atoms with van der Waals surface area (Å²) >= 11 is 0. The first-order valence-corrected chi connectivity index (χ1v) is 11.0. The minimum absolute atomic E-state index is 0.174. The molecule has 0 N–H and O–H groups in total. The maximum Gasteiger partial charge on any atom is 0.158 e. The van der Waals surface area contributed by atoms with Crippen molar-refractivity contribution in [2.45, 2.75) is 38.5 Å². The van der Waals surface area contributed by atoms with E-state index in [-0.39, 0.29) is 12.4 Å². The van der Waals surface area contributed by atoms with Crippen LogP contribution in [0.4, 0.5) is 0 Å². The van der Waals surface area contributed by atoms with Gasteiger partial charge in [-0.2, -0.15) is 0 Å². The first kappa shape index (κ1) is 16.9. The number of carbonyl (C=O) groups excluding carboxylic acids is 1. The van der Waals surface area contributed by atoms with E-state index in [1.54, 1.807) is 0 Å². The Bertz CT molecular complexity index is 418. The van der Waals surface area contributed by atoms with E-state index in [9.17, 15) is 4.79 Å². The van der Waals surface area contributed by atoms with Crippen molar-refractivity contribution in [3.63, 3.8) is 0 Å². The molecule has 0 amide bonds. The fourth-order valence-corrected chi connectivity index (χ4v) is 2.62. The lowest BCUT2D eigenvalue weighted by molar-refractivity contribution is -0.123. The molecule has 0 aromatic heterocycles. The van der Waals surface area contributed by atoms with E-state index in [0.717, 1.165) is 12.5 Å². The standard InChI is InChI=1S/C17H26O2Si/c1-20(2,3)14-8-7-13-19-15-17(18)12-11-16-9-5-4-6-10-16/h4-10H,11-15H2,1-3H3/b8-7+. The van der Waals surface area contributed by atoms with Gasteiger partial charge in [-0.3, -0.25) is 4.79 Å². The second kappa shape index (κ2) is 8.87. The van der Waals surface area contributed by atoms with E-state index in [2.05, 4.69) is 25.7 Å². The Kier molecular flexibility index (Phi) is 7.48. The van der Waals surface area contributed by atoms with Gasteiger partial charge in [0.1, 0.15) is 6.61 Å². The van der Waals surface area contributed by atoms with E-state index in [1.165, 1.54) is 5.56 Å².